The predicted octanol–water partition coefficient (Wildman–Crippen LogP) is 2.76. The van der Waals surface area contributed by atoms with Crippen molar-refractivity contribution in [1.82, 2.24) is 5.16 Å². The van der Waals surface area contributed by atoms with Crippen LogP contribution < -0.4 is 0 Å². The SMILES string of the molecule is Cc1noc(C)c1-c1c[c]ccc1. The van der Waals surface area contributed by atoms with Crippen LogP contribution in [0.2, 0.25) is 0 Å². The first-order valence-corrected chi connectivity index (χ1v) is 4.18. The van der Waals surface area contributed by atoms with E-state index in [-0.39, 0.29) is 0 Å². The largest absolute Gasteiger partial charge is 0.361 e. The number of rotatable bonds is 1. The molecule has 0 spiro atoms. The topological polar surface area (TPSA) is 26.0 Å². The Balaban J connectivity index is 2.59. The van der Waals surface area contributed by atoms with Crippen molar-refractivity contribution in [2.24, 2.45) is 0 Å². The second-order valence-electron chi connectivity index (χ2n) is 2.99. The van der Waals surface area contributed by atoms with Crippen molar-refractivity contribution in [3.8, 4) is 11.1 Å². The molecule has 0 bridgehead atoms. The number of aromatic nitrogens is 1. The van der Waals surface area contributed by atoms with Crippen molar-refractivity contribution in [3.63, 3.8) is 0 Å². The van der Waals surface area contributed by atoms with E-state index in [9.17, 15) is 0 Å². The molecule has 0 saturated heterocycles. The molecule has 1 aromatic carbocycles. The Labute approximate surface area is 77.2 Å². The highest BCUT2D eigenvalue weighted by molar-refractivity contribution is 5.67. The quantitative estimate of drug-likeness (QED) is 0.661. The van der Waals surface area contributed by atoms with Crippen LogP contribution in [-0.4, -0.2) is 5.16 Å². The molecule has 0 saturated carbocycles. The van der Waals surface area contributed by atoms with Gasteiger partial charge in [0, 0.05) is 5.56 Å². The van der Waals surface area contributed by atoms with Gasteiger partial charge in [0.05, 0.1) is 5.69 Å². The van der Waals surface area contributed by atoms with Crippen LogP contribution in [0.5, 0.6) is 0 Å². The second kappa shape index (κ2) is 3.05. The molecule has 0 aliphatic heterocycles. The first kappa shape index (κ1) is 8.05. The fourth-order valence-corrected chi connectivity index (χ4v) is 1.44. The highest BCUT2D eigenvalue weighted by Crippen LogP contribution is 2.25. The maximum absolute atomic E-state index is 5.09. The monoisotopic (exact) mass is 172 g/mol. The molecule has 0 atom stereocenters. The number of benzene rings is 1. The van der Waals surface area contributed by atoms with Gasteiger partial charge in [-0.25, -0.2) is 0 Å². The average Bonchev–Trinajstić information content (AvgIpc) is 2.48. The van der Waals surface area contributed by atoms with E-state index in [0.717, 1.165) is 22.6 Å². The van der Waals surface area contributed by atoms with Gasteiger partial charge in [-0.2, -0.15) is 0 Å². The molecule has 0 amide bonds. The van der Waals surface area contributed by atoms with Crippen LogP contribution in [-0.2, 0) is 0 Å². The van der Waals surface area contributed by atoms with Gasteiger partial charge in [0.25, 0.3) is 0 Å². The van der Waals surface area contributed by atoms with E-state index in [1.165, 1.54) is 0 Å². The number of nitrogens with zero attached hydrogens (tertiary/aromatic N) is 1. The molecule has 0 fully saturated rings. The Bertz CT molecular complexity index is 384. The van der Waals surface area contributed by atoms with Crippen LogP contribution in [0.4, 0.5) is 0 Å². The maximum atomic E-state index is 5.09. The lowest BCUT2D eigenvalue weighted by atomic mass is 10.0. The van der Waals surface area contributed by atoms with E-state index < -0.39 is 0 Å². The Morgan fingerprint density at radius 1 is 1.38 bits per heavy atom. The van der Waals surface area contributed by atoms with E-state index in [4.69, 9.17) is 4.52 Å². The van der Waals surface area contributed by atoms with Crippen molar-refractivity contribution >= 4 is 0 Å². The van der Waals surface area contributed by atoms with Crippen molar-refractivity contribution < 1.29 is 4.52 Å². The smallest absolute Gasteiger partial charge is 0.141 e. The third-order valence-electron chi connectivity index (χ3n) is 2.03. The highest BCUT2D eigenvalue weighted by Gasteiger charge is 2.09. The first-order valence-electron chi connectivity index (χ1n) is 4.18. The summed E-state index contributed by atoms with van der Waals surface area (Å²) in [5, 5.41) is 3.90. The Morgan fingerprint density at radius 3 is 2.77 bits per heavy atom. The summed E-state index contributed by atoms with van der Waals surface area (Å²) in [4.78, 5) is 0. The summed E-state index contributed by atoms with van der Waals surface area (Å²) in [6.45, 7) is 3.86. The van der Waals surface area contributed by atoms with Gasteiger partial charge in [-0.05, 0) is 31.5 Å². The zero-order chi connectivity index (χ0) is 9.26. The van der Waals surface area contributed by atoms with Gasteiger partial charge in [0.2, 0.25) is 0 Å². The molecular formula is C11H10NO. The van der Waals surface area contributed by atoms with Crippen LogP contribution in [0.3, 0.4) is 0 Å². The zero-order valence-corrected chi connectivity index (χ0v) is 7.66. The molecule has 0 aliphatic rings. The van der Waals surface area contributed by atoms with Crippen LogP contribution in [0.25, 0.3) is 11.1 Å². The van der Waals surface area contributed by atoms with E-state index in [1.807, 2.05) is 38.1 Å². The molecular weight excluding hydrogens is 162 g/mol. The number of hydrogen-bond donors (Lipinski definition) is 0. The summed E-state index contributed by atoms with van der Waals surface area (Å²) >= 11 is 0. The Kier molecular flexibility index (Phi) is 1.89. The molecule has 0 N–H and O–H groups in total. The molecule has 2 aromatic rings. The fraction of sp³-hybridized carbons (Fsp3) is 0.182. The number of aryl methyl sites for hydroxylation is 2. The summed E-state index contributed by atoms with van der Waals surface area (Å²) in [7, 11) is 0. The molecule has 0 unspecified atom stereocenters. The highest BCUT2D eigenvalue weighted by atomic mass is 16.5. The predicted molar refractivity (Wildman–Crippen MR) is 50.2 cm³/mol. The third kappa shape index (κ3) is 1.35. The fourth-order valence-electron chi connectivity index (χ4n) is 1.44. The minimum absolute atomic E-state index is 0.858. The van der Waals surface area contributed by atoms with Crippen molar-refractivity contribution in [3.05, 3.63) is 41.8 Å². The minimum Gasteiger partial charge on any atom is -0.361 e. The number of hydrogen-bond acceptors (Lipinski definition) is 2. The molecule has 65 valence electrons. The normalized spacial score (nSPS) is 10.3. The maximum Gasteiger partial charge on any atom is 0.141 e. The molecule has 0 aliphatic carbocycles. The van der Waals surface area contributed by atoms with Crippen molar-refractivity contribution in [1.29, 1.82) is 0 Å². The summed E-state index contributed by atoms with van der Waals surface area (Å²) in [6.07, 6.45) is 0. The van der Waals surface area contributed by atoms with Gasteiger partial charge < -0.3 is 4.52 Å². The van der Waals surface area contributed by atoms with Gasteiger partial charge in [-0.15, -0.1) is 0 Å². The molecule has 1 aromatic heterocycles. The first-order chi connectivity index (χ1) is 6.29. The van der Waals surface area contributed by atoms with Crippen LogP contribution in [0, 0.1) is 19.9 Å². The molecule has 13 heavy (non-hydrogen) atoms. The molecule has 2 heteroatoms. The second-order valence-corrected chi connectivity index (χ2v) is 2.99. The van der Waals surface area contributed by atoms with Crippen molar-refractivity contribution in [2.75, 3.05) is 0 Å². The molecule has 1 heterocycles. The van der Waals surface area contributed by atoms with Gasteiger partial charge in [-0.3, -0.25) is 0 Å². The lowest BCUT2D eigenvalue weighted by Crippen LogP contribution is -1.80. The molecule has 1 radical (unpaired) electrons. The van der Waals surface area contributed by atoms with E-state index in [1.54, 1.807) is 0 Å². The summed E-state index contributed by atoms with van der Waals surface area (Å²) in [6, 6.07) is 10.8. The lowest BCUT2D eigenvalue weighted by molar-refractivity contribution is 0.393. The van der Waals surface area contributed by atoms with Crippen LogP contribution in [0.15, 0.2) is 28.8 Å². The average molecular weight is 172 g/mol. The summed E-state index contributed by atoms with van der Waals surface area (Å²) in [5.41, 5.74) is 3.12. The zero-order valence-electron chi connectivity index (χ0n) is 7.66. The van der Waals surface area contributed by atoms with E-state index >= 15 is 0 Å². The Morgan fingerprint density at radius 2 is 2.23 bits per heavy atom. The minimum atomic E-state index is 0.858. The van der Waals surface area contributed by atoms with Gasteiger partial charge >= 0.3 is 0 Å². The molecule has 2 nitrogen and oxygen atoms in total. The standard InChI is InChI=1S/C11H10NO/c1-8-11(9(2)13-12-8)10-6-4-3-5-7-10/h3-4,6-7H,1-2H3. The van der Waals surface area contributed by atoms with E-state index in [2.05, 4.69) is 11.2 Å². The van der Waals surface area contributed by atoms with Gasteiger partial charge in [-0.1, -0.05) is 23.4 Å². The van der Waals surface area contributed by atoms with Gasteiger partial charge in [0.1, 0.15) is 5.76 Å². The lowest BCUT2D eigenvalue weighted by Gasteiger charge is -1.97. The van der Waals surface area contributed by atoms with E-state index in [0.29, 0.717) is 0 Å². The third-order valence-corrected chi connectivity index (χ3v) is 2.03. The van der Waals surface area contributed by atoms with Gasteiger partial charge in [0.15, 0.2) is 0 Å². The van der Waals surface area contributed by atoms with Crippen LogP contribution >= 0.6 is 0 Å². The summed E-state index contributed by atoms with van der Waals surface area (Å²) < 4.78 is 5.09. The summed E-state index contributed by atoms with van der Waals surface area (Å²) in [5.74, 6) is 0.858. The Hall–Kier alpha value is -1.57. The van der Waals surface area contributed by atoms with Crippen LogP contribution in [0.1, 0.15) is 11.5 Å². The molecule has 2 rings (SSSR count). The van der Waals surface area contributed by atoms with Crippen molar-refractivity contribution in [2.45, 2.75) is 13.8 Å².